The summed E-state index contributed by atoms with van der Waals surface area (Å²) >= 11 is 0. The number of ether oxygens (including phenoxy) is 1. The zero-order valence-electron chi connectivity index (χ0n) is 24.5. The molecule has 1 saturated heterocycles. The summed E-state index contributed by atoms with van der Waals surface area (Å²) in [6.07, 6.45) is 5.20. The minimum Gasteiger partial charge on any atom is -0.381 e. The van der Waals surface area contributed by atoms with Crippen molar-refractivity contribution in [1.82, 2.24) is 15.6 Å². The summed E-state index contributed by atoms with van der Waals surface area (Å²) in [6, 6.07) is 13.7. The number of carbonyl (C=O) groups excluding carboxylic acids is 3. The van der Waals surface area contributed by atoms with Gasteiger partial charge in [-0.2, -0.15) is 5.26 Å². The Morgan fingerprint density at radius 2 is 1.88 bits per heavy atom. The molecule has 2 atom stereocenters. The average Bonchev–Trinajstić information content (AvgIpc) is 3.90. The first kappa shape index (κ1) is 28.8. The molecule has 1 aromatic heterocycles. The van der Waals surface area contributed by atoms with Crippen LogP contribution in [0, 0.1) is 17.2 Å². The molecule has 10 heteroatoms. The molecule has 6 rings (SSSR count). The van der Waals surface area contributed by atoms with Crippen LogP contribution in [0.1, 0.15) is 55.2 Å². The lowest BCUT2D eigenvalue weighted by Crippen LogP contribution is -2.56. The lowest BCUT2D eigenvalue weighted by molar-refractivity contribution is -0.129. The summed E-state index contributed by atoms with van der Waals surface area (Å²) in [5.41, 5.74) is 4.38. The molecule has 1 aliphatic carbocycles. The summed E-state index contributed by atoms with van der Waals surface area (Å²) in [4.78, 5) is 49.8. The number of anilines is 2. The Kier molecular flexibility index (Phi) is 8.10. The van der Waals surface area contributed by atoms with Crippen molar-refractivity contribution in [3.05, 3.63) is 65.4 Å². The quantitative estimate of drug-likeness (QED) is 0.439. The van der Waals surface area contributed by atoms with Crippen molar-refractivity contribution in [3.8, 4) is 6.07 Å². The zero-order chi connectivity index (χ0) is 30.1. The summed E-state index contributed by atoms with van der Waals surface area (Å²) < 4.78 is 5.51. The van der Waals surface area contributed by atoms with E-state index in [0.29, 0.717) is 48.9 Å². The van der Waals surface area contributed by atoms with Crippen LogP contribution in [0.2, 0.25) is 0 Å². The van der Waals surface area contributed by atoms with Gasteiger partial charge in [-0.3, -0.25) is 19.4 Å². The minimum absolute atomic E-state index is 0.0395. The number of benzene rings is 2. The van der Waals surface area contributed by atoms with Gasteiger partial charge in [-0.25, -0.2) is 0 Å². The third-order valence-electron chi connectivity index (χ3n) is 8.85. The van der Waals surface area contributed by atoms with Crippen LogP contribution in [-0.4, -0.2) is 61.6 Å². The molecule has 3 heterocycles. The van der Waals surface area contributed by atoms with Crippen LogP contribution in [-0.2, 0) is 25.7 Å². The predicted molar refractivity (Wildman–Crippen MR) is 162 cm³/mol. The van der Waals surface area contributed by atoms with Crippen molar-refractivity contribution in [3.63, 3.8) is 0 Å². The van der Waals surface area contributed by atoms with E-state index >= 15 is 0 Å². The van der Waals surface area contributed by atoms with Gasteiger partial charge in [0.25, 0.3) is 5.91 Å². The van der Waals surface area contributed by atoms with Crippen molar-refractivity contribution in [2.24, 2.45) is 5.92 Å². The molecule has 0 bridgehead atoms. The summed E-state index contributed by atoms with van der Waals surface area (Å²) in [7, 11) is 1.68. The van der Waals surface area contributed by atoms with Crippen molar-refractivity contribution < 1.29 is 19.1 Å². The van der Waals surface area contributed by atoms with E-state index < -0.39 is 12.1 Å². The average molecular weight is 581 g/mol. The number of nitrogens with one attached hydrogen (secondary N) is 2. The van der Waals surface area contributed by atoms with Crippen LogP contribution < -0.4 is 20.4 Å². The molecule has 3 aliphatic rings. The Hall–Kier alpha value is -4.33. The van der Waals surface area contributed by atoms with Gasteiger partial charge in [0.05, 0.1) is 47.7 Å². The first-order valence-corrected chi connectivity index (χ1v) is 15.0. The number of hydrogen-bond donors (Lipinski definition) is 2. The zero-order valence-corrected chi connectivity index (χ0v) is 24.5. The Morgan fingerprint density at radius 3 is 2.60 bits per heavy atom. The molecule has 3 amide bonds. The molecule has 2 N–H and O–H groups in total. The topological polar surface area (TPSA) is 128 Å². The van der Waals surface area contributed by atoms with Crippen LogP contribution >= 0.6 is 0 Å². The number of amides is 3. The first-order valence-electron chi connectivity index (χ1n) is 15.0. The van der Waals surface area contributed by atoms with Crippen LogP contribution in [0.15, 0.2) is 48.7 Å². The highest BCUT2D eigenvalue weighted by Crippen LogP contribution is 2.44. The maximum absolute atomic E-state index is 14.5. The standard InChI is InChI=1S/C33H36N6O4/c1-20(35-2)31(40)37-28-19-39(32(41)23-11-13-43-14-12-23)30-15-21(16-34)7-10-29(30)38(33(28)42)18-26-24-5-3-4-6-27(24)36-17-25(26)22-8-9-22/h3-7,10,15,17,20,22-23,28,35H,8-9,11-14,18-19H2,1-2H3,(H,37,40)/t20-,28-/m0/s1. The number of carbonyl (C=O) groups is 3. The van der Waals surface area contributed by atoms with Crippen molar-refractivity contribution in [2.45, 2.75) is 57.2 Å². The third kappa shape index (κ3) is 5.70. The molecule has 2 aromatic carbocycles. The highest BCUT2D eigenvalue weighted by molar-refractivity contribution is 6.09. The largest absolute Gasteiger partial charge is 0.381 e. The van der Waals surface area contributed by atoms with E-state index in [4.69, 9.17) is 9.72 Å². The van der Waals surface area contributed by atoms with Crippen LogP contribution in [0.25, 0.3) is 10.9 Å². The van der Waals surface area contributed by atoms with Crippen molar-refractivity contribution in [2.75, 3.05) is 36.6 Å². The molecule has 2 aliphatic heterocycles. The number of pyridine rings is 1. The SMILES string of the molecule is CN[C@@H](C)C(=O)N[C@H]1CN(C(=O)C2CCOCC2)c2cc(C#N)ccc2N(Cc2c(C3CC3)cnc3ccccc23)C1=O. The molecule has 222 valence electrons. The molecular weight excluding hydrogens is 544 g/mol. The van der Waals surface area contributed by atoms with Crippen molar-refractivity contribution in [1.29, 1.82) is 5.26 Å². The van der Waals surface area contributed by atoms with Crippen LogP contribution in [0.4, 0.5) is 11.4 Å². The highest BCUT2D eigenvalue weighted by atomic mass is 16.5. The maximum Gasteiger partial charge on any atom is 0.251 e. The lowest BCUT2D eigenvalue weighted by Gasteiger charge is -2.31. The van der Waals surface area contributed by atoms with E-state index in [1.54, 1.807) is 42.0 Å². The number of aromatic nitrogens is 1. The Morgan fingerprint density at radius 1 is 1.12 bits per heavy atom. The smallest absolute Gasteiger partial charge is 0.251 e. The van der Waals surface area contributed by atoms with E-state index in [2.05, 4.69) is 16.7 Å². The number of rotatable bonds is 7. The summed E-state index contributed by atoms with van der Waals surface area (Å²) in [6.45, 7) is 2.89. The lowest BCUT2D eigenvalue weighted by atomic mass is 9.97. The number of nitriles is 1. The Balaban J connectivity index is 1.49. The normalized spacial score (nSPS) is 19.8. The molecule has 0 unspecified atom stereocenters. The van der Waals surface area contributed by atoms with Gasteiger partial charge in [0.1, 0.15) is 6.04 Å². The number of nitrogens with zero attached hydrogens (tertiary/aromatic N) is 4. The van der Waals surface area contributed by atoms with Gasteiger partial charge in [-0.05, 0) is 81.0 Å². The van der Waals surface area contributed by atoms with Crippen LogP contribution in [0.3, 0.4) is 0 Å². The minimum atomic E-state index is -0.998. The highest BCUT2D eigenvalue weighted by Gasteiger charge is 2.40. The molecular formula is C33H36N6O4. The molecule has 0 radical (unpaired) electrons. The second kappa shape index (κ2) is 12.1. The monoisotopic (exact) mass is 580 g/mol. The number of fused-ring (bicyclic) bond motifs is 2. The molecule has 2 fully saturated rings. The van der Waals surface area contributed by atoms with E-state index in [1.807, 2.05) is 30.5 Å². The van der Waals surface area contributed by atoms with Gasteiger partial charge < -0.3 is 25.2 Å². The van der Waals surface area contributed by atoms with Gasteiger partial charge >= 0.3 is 0 Å². The Labute approximate surface area is 251 Å². The maximum atomic E-state index is 14.5. The van der Waals surface area contributed by atoms with E-state index in [0.717, 1.165) is 34.9 Å². The summed E-state index contributed by atoms with van der Waals surface area (Å²) in [5.74, 6) is -0.688. The fourth-order valence-electron chi connectivity index (χ4n) is 6.07. The number of likely N-dealkylation sites (N-methyl/N-ethyl adjacent to an activating group) is 1. The molecule has 10 nitrogen and oxygen atoms in total. The van der Waals surface area contributed by atoms with Gasteiger partial charge in [-0.1, -0.05) is 18.2 Å². The van der Waals surface area contributed by atoms with E-state index in [-0.39, 0.29) is 36.7 Å². The van der Waals surface area contributed by atoms with Crippen molar-refractivity contribution >= 4 is 40.0 Å². The number of hydrogen-bond acceptors (Lipinski definition) is 7. The third-order valence-corrected chi connectivity index (χ3v) is 8.85. The fraction of sp³-hybridized carbons (Fsp3) is 0.424. The van der Waals surface area contributed by atoms with E-state index in [1.165, 1.54) is 0 Å². The second-order valence-electron chi connectivity index (χ2n) is 11.6. The fourth-order valence-corrected chi connectivity index (χ4v) is 6.07. The van der Waals surface area contributed by atoms with Gasteiger partial charge in [0, 0.05) is 30.7 Å². The number of para-hydroxylation sites is 1. The van der Waals surface area contributed by atoms with Crippen LogP contribution in [0.5, 0.6) is 0 Å². The summed E-state index contributed by atoms with van der Waals surface area (Å²) in [5, 5.41) is 16.6. The molecule has 1 saturated carbocycles. The van der Waals surface area contributed by atoms with Gasteiger partial charge in [0.15, 0.2) is 0 Å². The van der Waals surface area contributed by atoms with Gasteiger partial charge in [0.2, 0.25) is 11.8 Å². The van der Waals surface area contributed by atoms with E-state index in [9.17, 15) is 19.6 Å². The molecule has 43 heavy (non-hydrogen) atoms. The molecule has 0 spiro atoms. The Bertz CT molecular complexity index is 1610. The second-order valence-corrected chi connectivity index (χ2v) is 11.6. The van der Waals surface area contributed by atoms with Gasteiger partial charge in [-0.15, -0.1) is 0 Å². The molecule has 3 aromatic rings. The predicted octanol–water partition coefficient (Wildman–Crippen LogP) is 3.38. The first-order chi connectivity index (χ1) is 20.9.